The first-order chi connectivity index (χ1) is 15.5. The molecule has 166 valence electrons. The monoisotopic (exact) mass is 467 g/mol. The zero-order valence-corrected chi connectivity index (χ0v) is 20.0. The molecule has 0 bridgehead atoms. The Bertz CT molecular complexity index is 1160. The number of rotatable bonds is 6. The molecular formula is C24H27N4O2S2+. The highest BCUT2D eigenvalue weighted by molar-refractivity contribution is 7.80. The van der Waals surface area contributed by atoms with E-state index < -0.39 is 0 Å². The zero-order chi connectivity index (χ0) is 22.3. The number of nitrogens with zero attached hydrogens (tertiary/aromatic N) is 4. The van der Waals surface area contributed by atoms with Crippen molar-refractivity contribution in [2.75, 3.05) is 16.4 Å². The third-order valence-corrected chi connectivity index (χ3v) is 7.64. The van der Waals surface area contributed by atoms with E-state index in [4.69, 9.17) is 17.0 Å². The summed E-state index contributed by atoms with van der Waals surface area (Å²) in [5.41, 5.74) is 2.49. The molecule has 0 radical (unpaired) electrons. The van der Waals surface area contributed by atoms with Crippen molar-refractivity contribution in [3.63, 3.8) is 0 Å². The number of thiophene rings is 1. The molecule has 2 aliphatic heterocycles. The van der Waals surface area contributed by atoms with Gasteiger partial charge in [0.15, 0.2) is 0 Å². The predicted octanol–water partition coefficient (Wildman–Crippen LogP) is 4.29. The number of hydrogen-bond donors (Lipinski definition) is 0. The van der Waals surface area contributed by atoms with Crippen LogP contribution in [0.3, 0.4) is 0 Å². The maximum absolute atomic E-state index is 12.8. The lowest BCUT2D eigenvalue weighted by Crippen LogP contribution is -2.58. The number of esters is 1. The van der Waals surface area contributed by atoms with E-state index in [0.29, 0.717) is 18.7 Å². The molecule has 1 aromatic carbocycles. The van der Waals surface area contributed by atoms with Crippen LogP contribution >= 0.6 is 23.6 Å². The van der Waals surface area contributed by atoms with Crippen LogP contribution in [0.25, 0.3) is 0 Å². The normalized spacial score (nSPS) is 19.8. The second-order valence-corrected chi connectivity index (χ2v) is 10.1. The fourth-order valence-electron chi connectivity index (χ4n) is 4.81. The lowest BCUT2D eigenvalue weighted by Gasteiger charge is -2.46. The van der Waals surface area contributed by atoms with Crippen LogP contribution in [0, 0.1) is 0 Å². The second kappa shape index (κ2) is 8.33. The standard InChI is InChI=1S/C24H27N4O2S2/c1-24-9-3-6-22(31)28(24)21-15-18(23(29)30-13-12-26-11-10-25(2)17-26)7-8-20(21)27(24)16-19-5-4-14-32-19/h4-5,7-8,10-11,14-15,17H,3,6,9,12-13,16H2,1-2H3/q+1. The predicted molar refractivity (Wildman–Crippen MR) is 130 cm³/mol. The van der Waals surface area contributed by atoms with Crippen LogP contribution in [0.15, 0.2) is 54.4 Å². The molecule has 1 saturated heterocycles. The van der Waals surface area contributed by atoms with Gasteiger partial charge in [0.2, 0.25) is 6.33 Å². The van der Waals surface area contributed by atoms with Crippen LogP contribution in [-0.2, 0) is 24.9 Å². The van der Waals surface area contributed by atoms with Gasteiger partial charge in [-0.05, 0) is 55.8 Å². The number of aryl methyl sites for hydroxylation is 1. The first kappa shape index (κ1) is 21.2. The van der Waals surface area contributed by atoms with E-state index in [1.807, 2.05) is 47.0 Å². The number of carbonyl (C=O) groups is 1. The number of hydrogen-bond acceptors (Lipinski definition) is 5. The highest BCUT2D eigenvalue weighted by Gasteiger charge is 2.49. The largest absolute Gasteiger partial charge is 0.458 e. The molecule has 1 unspecified atom stereocenters. The number of benzene rings is 1. The molecule has 6 nitrogen and oxygen atoms in total. The summed E-state index contributed by atoms with van der Waals surface area (Å²) in [6.45, 7) is 4.05. The average Bonchev–Trinajstić information content (AvgIpc) is 3.48. The van der Waals surface area contributed by atoms with Gasteiger partial charge in [0, 0.05) is 4.88 Å². The molecule has 1 fully saturated rings. The molecule has 32 heavy (non-hydrogen) atoms. The average molecular weight is 468 g/mol. The quantitative estimate of drug-likeness (QED) is 0.307. The topological polar surface area (TPSA) is 41.6 Å². The number of aromatic nitrogens is 2. The van der Waals surface area contributed by atoms with Crippen molar-refractivity contribution >= 4 is 45.9 Å². The van der Waals surface area contributed by atoms with Gasteiger partial charge in [-0.1, -0.05) is 18.3 Å². The molecule has 2 aromatic heterocycles. The third-order valence-electron chi connectivity index (χ3n) is 6.40. The summed E-state index contributed by atoms with van der Waals surface area (Å²) in [5, 5.41) is 2.12. The van der Waals surface area contributed by atoms with Gasteiger partial charge in [-0.3, -0.25) is 0 Å². The first-order valence-electron chi connectivity index (χ1n) is 10.9. The number of thiocarbonyl (C=S) groups is 1. The minimum atomic E-state index is -0.300. The molecule has 3 aromatic rings. The number of anilines is 2. The molecule has 0 aliphatic carbocycles. The summed E-state index contributed by atoms with van der Waals surface area (Å²) < 4.78 is 9.53. The molecule has 0 N–H and O–H groups in total. The number of carbonyl (C=O) groups excluding carboxylic acids is 1. The van der Waals surface area contributed by atoms with E-state index in [1.54, 1.807) is 11.3 Å². The molecule has 1 atom stereocenters. The lowest BCUT2D eigenvalue weighted by molar-refractivity contribution is -0.671. The molecule has 4 heterocycles. The van der Waals surface area contributed by atoms with Gasteiger partial charge in [-0.2, -0.15) is 0 Å². The van der Waals surface area contributed by atoms with Crippen molar-refractivity contribution in [3.8, 4) is 0 Å². The number of fused-ring (bicyclic) bond motifs is 3. The van der Waals surface area contributed by atoms with Crippen molar-refractivity contribution < 1.29 is 14.1 Å². The number of piperidine rings is 1. The smallest absolute Gasteiger partial charge is 0.338 e. The Labute approximate surface area is 197 Å². The molecule has 8 heteroatoms. The van der Waals surface area contributed by atoms with Crippen LogP contribution in [0.1, 0.15) is 41.4 Å². The van der Waals surface area contributed by atoms with Gasteiger partial charge in [0.05, 0.1) is 35.5 Å². The van der Waals surface area contributed by atoms with E-state index in [0.717, 1.165) is 42.2 Å². The van der Waals surface area contributed by atoms with Crippen LogP contribution in [0.5, 0.6) is 0 Å². The van der Waals surface area contributed by atoms with E-state index in [-0.39, 0.29) is 11.6 Å². The SMILES string of the molecule is C[n+]1ccn(CCOC(=O)c2ccc3c(c2)N2C(=S)CCCC2(C)N3Cc2cccs2)c1. The summed E-state index contributed by atoms with van der Waals surface area (Å²) in [4.78, 5) is 19.8. The van der Waals surface area contributed by atoms with Crippen LogP contribution in [-0.4, -0.2) is 27.8 Å². The van der Waals surface area contributed by atoms with Gasteiger partial charge >= 0.3 is 5.97 Å². The summed E-state index contributed by atoms with van der Waals surface area (Å²) in [6, 6.07) is 10.2. The fourth-order valence-corrected chi connectivity index (χ4v) is 5.94. The van der Waals surface area contributed by atoms with Gasteiger partial charge in [0.1, 0.15) is 31.2 Å². The summed E-state index contributed by atoms with van der Waals surface area (Å²) in [5.74, 6) is -0.300. The van der Waals surface area contributed by atoms with Crippen molar-refractivity contribution in [1.82, 2.24) is 4.57 Å². The van der Waals surface area contributed by atoms with Crippen molar-refractivity contribution in [2.24, 2.45) is 7.05 Å². The maximum atomic E-state index is 12.8. The molecule has 0 saturated carbocycles. The maximum Gasteiger partial charge on any atom is 0.338 e. The van der Waals surface area contributed by atoms with Gasteiger partial charge in [-0.15, -0.1) is 11.3 Å². The van der Waals surface area contributed by atoms with E-state index in [1.165, 1.54) is 4.88 Å². The Morgan fingerprint density at radius 3 is 2.94 bits per heavy atom. The molecular weight excluding hydrogens is 440 g/mol. The highest BCUT2D eigenvalue weighted by atomic mass is 32.1. The zero-order valence-electron chi connectivity index (χ0n) is 18.4. The van der Waals surface area contributed by atoms with Crippen LogP contribution in [0.4, 0.5) is 11.4 Å². The second-order valence-electron chi connectivity index (χ2n) is 8.62. The first-order valence-corrected chi connectivity index (χ1v) is 12.2. The minimum absolute atomic E-state index is 0.214. The molecule has 2 aliphatic rings. The van der Waals surface area contributed by atoms with Gasteiger partial charge in [0.25, 0.3) is 0 Å². The summed E-state index contributed by atoms with van der Waals surface area (Å²) in [7, 11) is 1.97. The van der Waals surface area contributed by atoms with Crippen molar-refractivity contribution in [2.45, 2.75) is 44.9 Å². The molecule has 0 amide bonds. The Balaban J connectivity index is 1.39. The summed E-state index contributed by atoms with van der Waals surface area (Å²) >= 11 is 7.58. The Kier molecular flexibility index (Phi) is 5.51. The van der Waals surface area contributed by atoms with Crippen LogP contribution in [0.2, 0.25) is 0 Å². The minimum Gasteiger partial charge on any atom is -0.458 e. The Morgan fingerprint density at radius 1 is 1.31 bits per heavy atom. The highest BCUT2D eigenvalue weighted by Crippen LogP contribution is 2.51. The van der Waals surface area contributed by atoms with E-state index in [2.05, 4.69) is 40.3 Å². The lowest BCUT2D eigenvalue weighted by atomic mass is 9.96. The number of imidazole rings is 1. The number of ether oxygens (including phenoxy) is 1. The van der Waals surface area contributed by atoms with Crippen molar-refractivity contribution in [1.29, 1.82) is 0 Å². The Morgan fingerprint density at radius 2 is 2.19 bits per heavy atom. The molecule has 5 rings (SSSR count). The van der Waals surface area contributed by atoms with E-state index in [9.17, 15) is 4.79 Å². The molecule has 0 spiro atoms. The Hall–Kier alpha value is -2.71. The van der Waals surface area contributed by atoms with Crippen LogP contribution < -0.4 is 14.4 Å². The fraction of sp³-hybridized carbons (Fsp3) is 0.375. The van der Waals surface area contributed by atoms with Gasteiger partial charge < -0.3 is 14.5 Å². The van der Waals surface area contributed by atoms with Crippen molar-refractivity contribution in [3.05, 3.63) is 64.9 Å². The summed E-state index contributed by atoms with van der Waals surface area (Å²) in [6.07, 6.45) is 8.89. The third kappa shape index (κ3) is 3.71. The van der Waals surface area contributed by atoms with Gasteiger partial charge in [-0.25, -0.2) is 13.9 Å². The van der Waals surface area contributed by atoms with E-state index >= 15 is 0 Å².